The average molecular weight is 568 g/mol. The molecule has 0 spiro atoms. The van der Waals surface area contributed by atoms with Crippen LogP contribution in [0.15, 0.2) is 41.5 Å². The van der Waals surface area contributed by atoms with Crippen LogP contribution in [0.25, 0.3) is 11.0 Å². The molecular weight excluding hydrogens is 530 g/mol. The second kappa shape index (κ2) is 11.9. The highest BCUT2D eigenvalue weighted by atomic mass is 16.6. The van der Waals surface area contributed by atoms with E-state index in [4.69, 9.17) is 18.9 Å². The standard InChI is InChI=1S/C29H37N5O7/c1-29(2,3)41-28(37)34(17-19-13-25-26(16-30-19)40-12-11-39-25)22-7-8-32(18-24(22)35)9-10-33-23-14-20(38-4)15-31-21(23)5-6-27(33)36/h5-6,13-16,22,24,35H,7-12,17-18H2,1-4H3/t22-,24+/m0/s1. The van der Waals surface area contributed by atoms with Crippen LogP contribution < -0.4 is 19.8 Å². The first kappa shape index (κ1) is 28.6. The summed E-state index contributed by atoms with van der Waals surface area (Å²) < 4.78 is 23.9. The number of rotatable bonds is 7. The molecule has 5 heterocycles. The van der Waals surface area contributed by atoms with Crippen LogP contribution in [0.1, 0.15) is 32.9 Å². The molecule has 41 heavy (non-hydrogen) atoms. The molecule has 2 aliphatic rings. The number of fused-ring (bicyclic) bond motifs is 2. The van der Waals surface area contributed by atoms with Crippen molar-refractivity contribution in [2.24, 2.45) is 0 Å². The molecular formula is C29H37N5O7. The van der Waals surface area contributed by atoms with Gasteiger partial charge in [-0.05, 0) is 33.3 Å². The van der Waals surface area contributed by atoms with Gasteiger partial charge in [0.15, 0.2) is 11.5 Å². The van der Waals surface area contributed by atoms with Crippen molar-refractivity contribution in [2.75, 3.05) is 40.0 Å². The number of likely N-dealkylation sites (tertiary alicyclic amines) is 1. The normalized spacial score (nSPS) is 19.1. The Balaban J connectivity index is 1.29. The summed E-state index contributed by atoms with van der Waals surface area (Å²) in [6.07, 6.45) is 2.38. The van der Waals surface area contributed by atoms with E-state index in [0.717, 1.165) is 0 Å². The Hall–Kier alpha value is -3.90. The van der Waals surface area contributed by atoms with Gasteiger partial charge in [-0.1, -0.05) is 0 Å². The molecule has 0 saturated carbocycles. The molecule has 1 saturated heterocycles. The summed E-state index contributed by atoms with van der Waals surface area (Å²) in [6.45, 7) is 8.39. The van der Waals surface area contributed by atoms with Crippen molar-refractivity contribution >= 4 is 17.1 Å². The molecule has 5 rings (SSSR count). The van der Waals surface area contributed by atoms with Gasteiger partial charge in [0.1, 0.15) is 24.6 Å². The first-order chi connectivity index (χ1) is 19.6. The molecule has 0 bridgehead atoms. The Bertz CT molecular complexity index is 1450. The number of piperidine rings is 1. The first-order valence-electron chi connectivity index (χ1n) is 13.8. The number of carbonyl (C=O) groups is 1. The Labute approximate surface area is 238 Å². The molecule has 1 fully saturated rings. The summed E-state index contributed by atoms with van der Waals surface area (Å²) >= 11 is 0. The summed E-state index contributed by atoms with van der Waals surface area (Å²) in [5.74, 6) is 1.72. The average Bonchev–Trinajstić information content (AvgIpc) is 2.94. The van der Waals surface area contributed by atoms with E-state index in [2.05, 4.69) is 14.9 Å². The Kier molecular flexibility index (Phi) is 8.32. The summed E-state index contributed by atoms with van der Waals surface area (Å²) in [4.78, 5) is 38.5. The number of hydrogen-bond acceptors (Lipinski definition) is 10. The molecule has 0 radical (unpaired) electrons. The van der Waals surface area contributed by atoms with Crippen LogP contribution >= 0.6 is 0 Å². The minimum Gasteiger partial charge on any atom is -0.495 e. The third kappa shape index (κ3) is 6.71. The van der Waals surface area contributed by atoms with Crippen molar-refractivity contribution in [3.8, 4) is 17.2 Å². The molecule has 2 atom stereocenters. The molecule has 220 valence electrons. The lowest BCUT2D eigenvalue weighted by atomic mass is 10.00. The number of hydrogen-bond donors (Lipinski definition) is 1. The Morgan fingerprint density at radius 3 is 2.63 bits per heavy atom. The number of methoxy groups -OCH3 is 1. The zero-order chi connectivity index (χ0) is 29.1. The number of carbonyl (C=O) groups excluding carboxylic acids is 1. The largest absolute Gasteiger partial charge is 0.495 e. The highest BCUT2D eigenvalue weighted by molar-refractivity contribution is 5.75. The van der Waals surface area contributed by atoms with Crippen LogP contribution in [0, 0.1) is 0 Å². The molecule has 0 aromatic carbocycles. The Morgan fingerprint density at radius 2 is 1.90 bits per heavy atom. The van der Waals surface area contributed by atoms with Crippen molar-refractivity contribution in [1.82, 2.24) is 24.3 Å². The number of ether oxygens (including phenoxy) is 4. The van der Waals surface area contributed by atoms with Crippen LogP contribution in [0.2, 0.25) is 0 Å². The van der Waals surface area contributed by atoms with Crippen LogP contribution in [0.3, 0.4) is 0 Å². The van der Waals surface area contributed by atoms with Gasteiger partial charge >= 0.3 is 6.09 Å². The fourth-order valence-corrected chi connectivity index (χ4v) is 5.17. The molecule has 3 aromatic heterocycles. The first-order valence-corrected chi connectivity index (χ1v) is 13.8. The van der Waals surface area contributed by atoms with Gasteiger partial charge < -0.3 is 28.6 Å². The number of β-amino-alcohol motifs (C(OH)–C–C–N with tert-alkyl or cyclic N) is 1. The fourth-order valence-electron chi connectivity index (χ4n) is 5.17. The molecule has 3 aromatic rings. The van der Waals surface area contributed by atoms with Crippen LogP contribution in [-0.4, -0.2) is 93.2 Å². The SMILES string of the molecule is COc1cnc2ccc(=O)n(CCN3CC[C@H](N(Cc4cc5c(cn4)OCCO5)C(=O)OC(C)(C)C)[C@H](O)C3)c2c1. The van der Waals surface area contributed by atoms with E-state index in [-0.39, 0.29) is 12.1 Å². The van der Waals surface area contributed by atoms with E-state index in [1.165, 1.54) is 6.07 Å². The van der Waals surface area contributed by atoms with Gasteiger partial charge in [-0.2, -0.15) is 0 Å². The topological polar surface area (TPSA) is 128 Å². The van der Waals surface area contributed by atoms with E-state index in [1.54, 1.807) is 47.2 Å². The number of aromatic nitrogens is 3. The second-order valence-corrected chi connectivity index (χ2v) is 11.3. The van der Waals surface area contributed by atoms with E-state index in [0.29, 0.717) is 79.8 Å². The van der Waals surface area contributed by atoms with Gasteiger partial charge in [-0.3, -0.25) is 24.6 Å². The minimum atomic E-state index is -0.834. The molecule has 1 amide bonds. The lowest BCUT2D eigenvalue weighted by molar-refractivity contribution is -0.0357. The summed E-state index contributed by atoms with van der Waals surface area (Å²) in [5.41, 5.74) is 1.16. The Morgan fingerprint density at radius 1 is 1.12 bits per heavy atom. The number of amides is 1. The number of aliphatic hydroxyl groups is 1. The maximum Gasteiger partial charge on any atom is 0.410 e. The number of aliphatic hydroxyl groups excluding tert-OH is 1. The fraction of sp³-hybridized carbons (Fsp3) is 0.517. The molecule has 12 nitrogen and oxygen atoms in total. The number of nitrogens with zero attached hydrogens (tertiary/aromatic N) is 5. The van der Waals surface area contributed by atoms with Gasteiger partial charge in [-0.25, -0.2) is 4.79 Å². The lowest BCUT2D eigenvalue weighted by Crippen LogP contribution is -2.56. The highest BCUT2D eigenvalue weighted by Gasteiger charge is 2.37. The highest BCUT2D eigenvalue weighted by Crippen LogP contribution is 2.31. The van der Waals surface area contributed by atoms with Gasteiger partial charge in [0, 0.05) is 44.4 Å². The van der Waals surface area contributed by atoms with Crippen molar-refractivity contribution in [1.29, 1.82) is 0 Å². The van der Waals surface area contributed by atoms with Crippen molar-refractivity contribution < 1.29 is 28.8 Å². The minimum absolute atomic E-state index is 0.133. The van der Waals surface area contributed by atoms with Gasteiger partial charge in [0.2, 0.25) is 0 Å². The lowest BCUT2D eigenvalue weighted by Gasteiger charge is -2.42. The molecule has 12 heteroatoms. The molecule has 0 unspecified atom stereocenters. The van der Waals surface area contributed by atoms with Gasteiger partial charge in [0.25, 0.3) is 5.56 Å². The summed E-state index contributed by atoms with van der Waals surface area (Å²) in [7, 11) is 1.56. The smallest absolute Gasteiger partial charge is 0.410 e. The van der Waals surface area contributed by atoms with Crippen LogP contribution in [0.4, 0.5) is 4.79 Å². The summed E-state index contributed by atoms with van der Waals surface area (Å²) in [5, 5.41) is 11.3. The second-order valence-electron chi connectivity index (χ2n) is 11.3. The number of pyridine rings is 3. The molecule has 2 aliphatic heterocycles. The van der Waals surface area contributed by atoms with Crippen molar-refractivity contribution in [2.45, 2.75) is 58.0 Å². The third-order valence-corrected chi connectivity index (χ3v) is 7.17. The van der Waals surface area contributed by atoms with Crippen molar-refractivity contribution in [3.63, 3.8) is 0 Å². The van der Waals surface area contributed by atoms with Crippen LogP contribution in [0.5, 0.6) is 17.2 Å². The quantitative estimate of drug-likeness (QED) is 0.455. The van der Waals surface area contributed by atoms with Gasteiger partial charge in [0.05, 0.1) is 54.9 Å². The van der Waals surface area contributed by atoms with E-state index in [1.807, 2.05) is 20.8 Å². The van der Waals surface area contributed by atoms with Gasteiger partial charge in [-0.15, -0.1) is 0 Å². The van der Waals surface area contributed by atoms with E-state index < -0.39 is 23.8 Å². The predicted molar refractivity (Wildman–Crippen MR) is 150 cm³/mol. The predicted octanol–water partition coefficient (Wildman–Crippen LogP) is 2.44. The van der Waals surface area contributed by atoms with E-state index in [9.17, 15) is 14.7 Å². The maximum absolute atomic E-state index is 13.3. The molecule has 1 N–H and O–H groups in total. The zero-order valence-corrected chi connectivity index (χ0v) is 23.9. The third-order valence-electron chi connectivity index (χ3n) is 7.17. The summed E-state index contributed by atoms with van der Waals surface area (Å²) in [6, 6.07) is 6.29. The zero-order valence-electron chi connectivity index (χ0n) is 23.9. The maximum atomic E-state index is 13.3. The van der Waals surface area contributed by atoms with E-state index >= 15 is 0 Å². The van der Waals surface area contributed by atoms with Crippen molar-refractivity contribution in [3.05, 3.63) is 52.7 Å². The molecule has 0 aliphatic carbocycles. The van der Waals surface area contributed by atoms with Crippen LogP contribution in [-0.2, 0) is 17.8 Å². The monoisotopic (exact) mass is 567 g/mol.